The number of nitrogens with zero attached hydrogens (tertiary/aromatic N) is 3. The number of rotatable bonds is 3. The van der Waals surface area contributed by atoms with E-state index in [4.69, 9.17) is 11.1 Å². The van der Waals surface area contributed by atoms with Gasteiger partial charge in [-0.05, 0) is 25.2 Å². The summed E-state index contributed by atoms with van der Waals surface area (Å²) in [7, 11) is 0. The zero-order valence-corrected chi connectivity index (χ0v) is 13.3. The molecule has 6 heteroatoms. The molecule has 3 N–H and O–H groups in total. The van der Waals surface area contributed by atoms with Crippen molar-refractivity contribution in [3.63, 3.8) is 0 Å². The largest absolute Gasteiger partial charge is 0.386 e. The molecule has 2 rings (SSSR count). The van der Waals surface area contributed by atoms with Crippen molar-refractivity contribution in [1.82, 2.24) is 14.7 Å². The molecule has 0 aromatic carbocycles. The maximum Gasteiger partial charge on any atom is 0.320 e. The van der Waals surface area contributed by atoms with Crippen LogP contribution >= 0.6 is 0 Å². The molecule has 2 aliphatic heterocycles. The van der Waals surface area contributed by atoms with E-state index in [9.17, 15) is 4.79 Å². The summed E-state index contributed by atoms with van der Waals surface area (Å²) < 4.78 is 0. The highest BCUT2D eigenvalue weighted by atomic mass is 16.2. The maximum absolute atomic E-state index is 12.5. The summed E-state index contributed by atoms with van der Waals surface area (Å²) in [6.45, 7) is 9.22. The fourth-order valence-corrected chi connectivity index (χ4v) is 3.30. The number of likely N-dealkylation sites (tertiary alicyclic amines) is 1. The van der Waals surface area contributed by atoms with Crippen LogP contribution < -0.4 is 5.73 Å². The summed E-state index contributed by atoms with van der Waals surface area (Å²) in [5, 5.41) is 7.65. The zero-order chi connectivity index (χ0) is 15.4. The van der Waals surface area contributed by atoms with Crippen molar-refractivity contribution in [2.45, 2.75) is 39.2 Å². The lowest BCUT2D eigenvalue weighted by atomic mass is 9.99. The third kappa shape index (κ3) is 3.87. The quantitative estimate of drug-likeness (QED) is 0.606. The van der Waals surface area contributed by atoms with Gasteiger partial charge < -0.3 is 15.5 Å². The fourth-order valence-electron chi connectivity index (χ4n) is 3.30. The van der Waals surface area contributed by atoms with Crippen LogP contribution in [-0.2, 0) is 0 Å². The number of amides is 2. The van der Waals surface area contributed by atoms with Gasteiger partial charge in [0.05, 0.1) is 6.04 Å². The smallest absolute Gasteiger partial charge is 0.320 e. The Hall–Kier alpha value is -1.30. The first-order chi connectivity index (χ1) is 10.0. The molecule has 2 fully saturated rings. The second kappa shape index (κ2) is 7.11. The number of amidine groups is 1. The molecule has 0 bridgehead atoms. The van der Waals surface area contributed by atoms with Crippen LogP contribution in [-0.4, -0.2) is 71.9 Å². The van der Waals surface area contributed by atoms with Gasteiger partial charge in [-0.3, -0.25) is 10.3 Å². The Balaban J connectivity index is 1.83. The highest BCUT2D eigenvalue weighted by Gasteiger charge is 2.30. The van der Waals surface area contributed by atoms with Gasteiger partial charge in [0.2, 0.25) is 0 Å². The molecule has 0 aromatic heterocycles. The number of nitrogens with one attached hydrogen (secondary N) is 1. The van der Waals surface area contributed by atoms with Crippen LogP contribution in [0.3, 0.4) is 0 Å². The van der Waals surface area contributed by atoms with E-state index in [-0.39, 0.29) is 17.9 Å². The van der Waals surface area contributed by atoms with Gasteiger partial charge in [-0.15, -0.1) is 0 Å². The predicted molar refractivity (Wildman–Crippen MR) is 84.5 cm³/mol. The minimum Gasteiger partial charge on any atom is -0.386 e. The first-order valence-electron chi connectivity index (χ1n) is 8.14. The summed E-state index contributed by atoms with van der Waals surface area (Å²) in [6.07, 6.45) is 3.09. The van der Waals surface area contributed by atoms with Gasteiger partial charge in [0, 0.05) is 39.3 Å². The second-order valence-electron chi connectivity index (χ2n) is 6.35. The number of carbonyl (C=O) groups excluding carboxylic acids is 1. The molecule has 0 aromatic rings. The summed E-state index contributed by atoms with van der Waals surface area (Å²) in [6, 6.07) is 0.218. The molecule has 2 heterocycles. The van der Waals surface area contributed by atoms with E-state index >= 15 is 0 Å². The number of hydrogen-bond donors (Lipinski definition) is 2. The van der Waals surface area contributed by atoms with E-state index in [1.165, 1.54) is 0 Å². The molecular formula is C15H29N5O. The van der Waals surface area contributed by atoms with Crippen LogP contribution in [0.1, 0.15) is 33.1 Å². The van der Waals surface area contributed by atoms with E-state index in [0.717, 1.165) is 64.4 Å². The second-order valence-corrected chi connectivity index (χ2v) is 6.35. The zero-order valence-electron chi connectivity index (χ0n) is 13.3. The Bertz CT molecular complexity index is 370. The number of urea groups is 1. The Kier molecular flexibility index (Phi) is 5.45. The van der Waals surface area contributed by atoms with Gasteiger partial charge in [-0.1, -0.05) is 13.8 Å². The fraction of sp³-hybridized carbons (Fsp3) is 0.867. The summed E-state index contributed by atoms with van der Waals surface area (Å²) >= 11 is 0. The number of piperidine rings is 1. The van der Waals surface area contributed by atoms with Crippen LogP contribution in [0.4, 0.5) is 4.79 Å². The molecule has 2 saturated heterocycles. The third-order valence-corrected chi connectivity index (χ3v) is 4.83. The van der Waals surface area contributed by atoms with Crippen LogP contribution in [0.5, 0.6) is 0 Å². The lowest BCUT2D eigenvalue weighted by Crippen LogP contribution is -2.57. The van der Waals surface area contributed by atoms with Crippen molar-refractivity contribution < 1.29 is 4.79 Å². The Morgan fingerprint density at radius 3 is 2.14 bits per heavy atom. The topological polar surface area (TPSA) is 76.7 Å². The highest BCUT2D eigenvalue weighted by Crippen LogP contribution is 2.18. The lowest BCUT2D eigenvalue weighted by molar-refractivity contribution is 0.0948. The van der Waals surface area contributed by atoms with E-state index in [0.29, 0.717) is 0 Å². The molecular weight excluding hydrogens is 266 g/mol. The molecule has 120 valence electrons. The first kappa shape index (κ1) is 16.1. The predicted octanol–water partition coefficient (Wildman–Crippen LogP) is 1.17. The summed E-state index contributed by atoms with van der Waals surface area (Å²) in [5.41, 5.74) is 5.66. The monoisotopic (exact) mass is 295 g/mol. The van der Waals surface area contributed by atoms with Gasteiger partial charge in [0.15, 0.2) is 0 Å². The SMILES string of the molecule is CCC(C(=N)N)N1CCN(C(=O)N2CCC(C)CC2)CC1. The standard InChI is InChI=1S/C15H29N5O/c1-3-13(14(16)17)18-8-10-20(11-9-18)15(21)19-6-4-12(2)5-7-19/h12-13H,3-11H2,1-2H3,(H3,16,17). The molecule has 0 radical (unpaired) electrons. The number of carbonyl (C=O) groups is 1. The van der Waals surface area contributed by atoms with Crippen molar-refractivity contribution in [2.75, 3.05) is 39.3 Å². The van der Waals surface area contributed by atoms with Crippen LogP contribution in [0.15, 0.2) is 0 Å². The van der Waals surface area contributed by atoms with Gasteiger partial charge in [0.25, 0.3) is 0 Å². The molecule has 21 heavy (non-hydrogen) atoms. The van der Waals surface area contributed by atoms with Crippen molar-refractivity contribution in [2.24, 2.45) is 11.7 Å². The molecule has 1 atom stereocenters. The van der Waals surface area contributed by atoms with Gasteiger partial charge >= 0.3 is 6.03 Å². The van der Waals surface area contributed by atoms with Crippen molar-refractivity contribution in [3.05, 3.63) is 0 Å². The number of hydrogen-bond acceptors (Lipinski definition) is 3. The van der Waals surface area contributed by atoms with Crippen LogP contribution in [0.25, 0.3) is 0 Å². The maximum atomic E-state index is 12.5. The molecule has 2 aliphatic rings. The van der Waals surface area contributed by atoms with E-state index in [1.807, 2.05) is 9.80 Å². The minimum atomic E-state index is 0.0260. The number of nitrogens with two attached hydrogens (primary N) is 1. The molecule has 0 saturated carbocycles. The minimum absolute atomic E-state index is 0.0260. The summed E-state index contributed by atoms with van der Waals surface area (Å²) in [5.74, 6) is 0.981. The van der Waals surface area contributed by atoms with E-state index in [1.54, 1.807) is 0 Å². The average molecular weight is 295 g/mol. The Morgan fingerprint density at radius 1 is 1.14 bits per heavy atom. The molecule has 0 spiro atoms. The Morgan fingerprint density at radius 2 is 1.67 bits per heavy atom. The van der Waals surface area contributed by atoms with Crippen LogP contribution in [0, 0.1) is 11.3 Å². The molecule has 6 nitrogen and oxygen atoms in total. The normalized spacial score (nSPS) is 23.1. The first-order valence-corrected chi connectivity index (χ1v) is 8.14. The Labute approximate surface area is 127 Å². The lowest BCUT2D eigenvalue weighted by Gasteiger charge is -2.41. The average Bonchev–Trinajstić information content (AvgIpc) is 2.48. The van der Waals surface area contributed by atoms with Crippen LogP contribution in [0.2, 0.25) is 0 Å². The van der Waals surface area contributed by atoms with Crippen molar-refractivity contribution in [3.8, 4) is 0 Å². The highest BCUT2D eigenvalue weighted by molar-refractivity contribution is 5.82. The van der Waals surface area contributed by atoms with E-state index < -0.39 is 0 Å². The molecule has 2 amide bonds. The van der Waals surface area contributed by atoms with Gasteiger partial charge in [0.1, 0.15) is 5.84 Å². The van der Waals surface area contributed by atoms with Crippen molar-refractivity contribution in [1.29, 1.82) is 5.41 Å². The van der Waals surface area contributed by atoms with Gasteiger partial charge in [-0.2, -0.15) is 0 Å². The van der Waals surface area contributed by atoms with Gasteiger partial charge in [-0.25, -0.2) is 4.79 Å². The summed E-state index contributed by atoms with van der Waals surface area (Å²) in [4.78, 5) is 18.7. The molecule has 1 unspecified atom stereocenters. The number of piperazine rings is 1. The van der Waals surface area contributed by atoms with Crippen molar-refractivity contribution >= 4 is 11.9 Å². The third-order valence-electron chi connectivity index (χ3n) is 4.83. The van der Waals surface area contributed by atoms with E-state index in [2.05, 4.69) is 18.7 Å². The molecule has 0 aliphatic carbocycles.